The summed E-state index contributed by atoms with van der Waals surface area (Å²) in [6.45, 7) is 15.1. The van der Waals surface area contributed by atoms with Crippen LogP contribution in [0.4, 0.5) is 11.4 Å². The molecule has 0 fully saturated rings. The summed E-state index contributed by atoms with van der Waals surface area (Å²) in [7, 11) is 0. The van der Waals surface area contributed by atoms with Gasteiger partial charge in [0, 0.05) is 21.8 Å². The first-order chi connectivity index (χ1) is 17.8. The third-order valence-electron chi connectivity index (χ3n) is 6.92. The molecule has 0 saturated carbocycles. The van der Waals surface area contributed by atoms with Gasteiger partial charge in [-0.3, -0.25) is 0 Å². The van der Waals surface area contributed by atoms with Gasteiger partial charge in [-0.1, -0.05) is 60.7 Å². The van der Waals surface area contributed by atoms with Crippen molar-refractivity contribution in [3.05, 3.63) is 132 Å². The average Bonchev–Trinajstić information content (AvgIpc) is 3.45. The minimum Gasteiger partial charge on any atom is -0.311 e. The van der Waals surface area contributed by atoms with Gasteiger partial charge in [-0.05, 0) is 53.9 Å². The van der Waals surface area contributed by atoms with Gasteiger partial charge in [-0.15, -0.1) is 0 Å². The van der Waals surface area contributed by atoms with Crippen LogP contribution in [0, 0.1) is 13.1 Å². The van der Waals surface area contributed by atoms with Crippen molar-refractivity contribution in [2.24, 2.45) is 0 Å². The van der Waals surface area contributed by atoms with Crippen LogP contribution in [-0.4, -0.2) is 9.13 Å². The molecule has 4 heteroatoms. The van der Waals surface area contributed by atoms with E-state index in [1.807, 2.05) is 42.5 Å². The standard InChI is InChI=1S/C32H18N4/c1-33-21-9-7-10-23(19-21)35-29-18-17-22(34-2)20-26(29)32-30(35)15-8-16-31(32)36-27-13-5-3-11-24(27)25-12-4-6-14-28(25)36/h3-20H. The minimum atomic E-state index is 0.596. The summed E-state index contributed by atoms with van der Waals surface area (Å²) < 4.78 is 4.53. The van der Waals surface area contributed by atoms with Crippen LogP contribution in [0.3, 0.4) is 0 Å². The number of hydrogen-bond donors (Lipinski definition) is 0. The second-order valence-electron chi connectivity index (χ2n) is 8.82. The SMILES string of the molecule is [C-]#[N+]c1cccc(-n2c3ccc([N+]#[C-])cc3c3c(-n4c5ccccc5c5ccccc54)cccc32)c1. The summed E-state index contributed by atoms with van der Waals surface area (Å²) in [6.07, 6.45) is 0. The van der Waals surface area contributed by atoms with Crippen molar-refractivity contribution < 1.29 is 0 Å². The summed E-state index contributed by atoms with van der Waals surface area (Å²) in [5.41, 5.74) is 7.52. The van der Waals surface area contributed by atoms with Crippen molar-refractivity contribution >= 4 is 55.0 Å². The Morgan fingerprint density at radius 1 is 0.472 bits per heavy atom. The molecule has 7 rings (SSSR count). The Hall–Kier alpha value is -5.32. The summed E-state index contributed by atoms with van der Waals surface area (Å²) in [5.74, 6) is 0. The van der Waals surface area contributed by atoms with Crippen molar-refractivity contribution in [3.8, 4) is 11.4 Å². The smallest absolute Gasteiger partial charge is 0.189 e. The van der Waals surface area contributed by atoms with E-state index in [1.54, 1.807) is 0 Å². The van der Waals surface area contributed by atoms with E-state index in [-0.39, 0.29) is 0 Å². The van der Waals surface area contributed by atoms with Crippen LogP contribution in [0.15, 0.2) is 109 Å². The molecular weight excluding hydrogens is 440 g/mol. The number of fused-ring (bicyclic) bond motifs is 6. The van der Waals surface area contributed by atoms with E-state index >= 15 is 0 Å². The molecule has 5 aromatic carbocycles. The molecule has 4 nitrogen and oxygen atoms in total. The number of aromatic nitrogens is 2. The molecule has 0 bridgehead atoms. The van der Waals surface area contributed by atoms with E-state index in [9.17, 15) is 0 Å². The molecule has 0 N–H and O–H groups in total. The zero-order valence-corrected chi connectivity index (χ0v) is 19.2. The number of rotatable bonds is 2. The monoisotopic (exact) mass is 458 g/mol. The first kappa shape index (κ1) is 20.1. The third kappa shape index (κ3) is 2.73. The Morgan fingerprint density at radius 2 is 1.08 bits per heavy atom. The molecule has 0 amide bonds. The summed E-state index contributed by atoms with van der Waals surface area (Å²) in [6, 6.07) is 36.9. The lowest BCUT2D eigenvalue weighted by Crippen LogP contribution is -1.96. The van der Waals surface area contributed by atoms with Crippen molar-refractivity contribution in [3.63, 3.8) is 0 Å². The molecular formula is C32H18N4. The molecule has 166 valence electrons. The Labute approximate surface area is 207 Å². The van der Waals surface area contributed by atoms with Crippen LogP contribution in [0.5, 0.6) is 0 Å². The highest BCUT2D eigenvalue weighted by Crippen LogP contribution is 2.41. The van der Waals surface area contributed by atoms with Crippen molar-refractivity contribution in [1.29, 1.82) is 0 Å². The van der Waals surface area contributed by atoms with Gasteiger partial charge >= 0.3 is 0 Å². The minimum absolute atomic E-state index is 0.596. The zero-order valence-electron chi connectivity index (χ0n) is 19.2. The van der Waals surface area contributed by atoms with Crippen molar-refractivity contribution in [2.45, 2.75) is 0 Å². The highest BCUT2D eigenvalue weighted by Gasteiger charge is 2.19. The van der Waals surface area contributed by atoms with Crippen LogP contribution >= 0.6 is 0 Å². The van der Waals surface area contributed by atoms with Crippen LogP contribution in [0.1, 0.15) is 0 Å². The molecule has 7 aromatic rings. The lowest BCUT2D eigenvalue weighted by Gasteiger charge is -2.11. The number of benzene rings is 5. The maximum Gasteiger partial charge on any atom is 0.189 e. The molecule has 0 radical (unpaired) electrons. The molecule has 0 aliphatic rings. The molecule has 2 aromatic heterocycles. The van der Waals surface area contributed by atoms with Gasteiger partial charge in [0.15, 0.2) is 11.4 Å². The largest absolute Gasteiger partial charge is 0.311 e. The zero-order chi connectivity index (χ0) is 24.2. The Kier molecular flexibility index (Phi) is 4.24. The van der Waals surface area contributed by atoms with Crippen LogP contribution in [0.25, 0.3) is 64.7 Å². The number of para-hydroxylation sites is 2. The van der Waals surface area contributed by atoms with Gasteiger partial charge < -0.3 is 9.13 Å². The molecule has 0 unspecified atom stereocenters. The van der Waals surface area contributed by atoms with Gasteiger partial charge in [-0.25, -0.2) is 9.69 Å². The van der Waals surface area contributed by atoms with Gasteiger partial charge in [-0.2, -0.15) is 0 Å². The van der Waals surface area contributed by atoms with Crippen LogP contribution in [-0.2, 0) is 0 Å². The Balaban J connectivity index is 1.69. The van der Waals surface area contributed by atoms with Gasteiger partial charge in [0.1, 0.15) is 0 Å². The molecule has 0 aliphatic heterocycles. The molecule has 0 spiro atoms. The average molecular weight is 459 g/mol. The normalized spacial score (nSPS) is 11.3. The maximum atomic E-state index is 7.64. The first-order valence-electron chi connectivity index (χ1n) is 11.7. The van der Waals surface area contributed by atoms with E-state index in [4.69, 9.17) is 13.1 Å². The lowest BCUT2D eigenvalue weighted by molar-refractivity contribution is 1.17. The number of nitrogens with zero attached hydrogens (tertiary/aromatic N) is 4. The Bertz CT molecular complexity index is 2020. The fraction of sp³-hybridized carbons (Fsp3) is 0. The summed E-state index contributed by atoms with van der Waals surface area (Å²) >= 11 is 0. The van der Waals surface area contributed by atoms with Gasteiger partial charge in [0.05, 0.1) is 40.9 Å². The molecule has 0 atom stereocenters. The fourth-order valence-corrected chi connectivity index (χ4v) is 5.46. The van der Waals surface area contributed by atoms with Crippen LogP contribution in [0.2, 0.25) is 0 Å². The van der Waals surface area contributed by atoms with E-state index < -0.39 is 0 Å². The summed E-state index contributed by atoms with van der Waals surface area (Å²) in [4.78, 5) is 7.37. The summed E-state index contributed by atoms with van der Waals surface area (Å²) in [5, 5.41) is 4.52. The second kappa shape index (κ2) is 7.60. The molecule has 0 aliphatic carbocycles. The number of hydrogen-bond acceptors (Lipinski definition) is 0. The van der Waals surface area contributed by atoms with E-state index in [2.05, 4.69) is 85.6 Å². The molecule has 2 heterocycles. The quantitative estimate of drug-likeness (QED) is 0.230. The molecule has 0 saturated heterocycles. The van der Waals surface area contributed by atoms with E-state index in [0.717, 1.165) is 44.2 Å². The maximum absolute atomic E-state index is 7.64. The Morgan fingerprint density at radius 3 is 1.81 bits per heavy atom. The predicted molar refractivity (Wildman–Crippen MR) is 148 cm³/mol. The van der Waals surface area contributed by atoms with Crippen LogP contribution < -0.4 is 0 Å². The predicted octanol–water partition coefficient (Wildman–Crippen LogP) is 8.98. The highest BCUT2D eigenvalue weighted by atomic mass is 15.0. The van der Waals surface area contributed by atoms with Gasteiger partial charge in [0.25, 0.3) is 0 Å². The van der Waals surface area contributed by atoms with E-state index in [0.29, 0.717) is 11.4 Å². The third-order valence-corrected chi connectivity index (χ3v) is 6.92. The highest BCUT2D eigenvalue weighted by molar-refractivity contribution is 6.17. The fourth-order valence-electron chi connectivity index (χ4n) is 5.46. The lowest BCUT2D eigenvalue weighted by atomic mass is 10.1. The van der Waals surface area contributed by atoms with Crippen molar-refractivity contribution in [2.75, 3.05) is 0 Å². The van der Waals surface area contributed by atoms with Gasteiger partial charge in [0.2, 0.25) is 0 Å². The second-order valence-corrected chi connectivity index (χ2v) is 8.82. The first-order valence-corrected chi connectivity index (χ1v) is 11.7. The van der Waals surface area contributed by atoms with Crippen molar-refractivity contribution in [1.82, 2.24) is 9.13 Å². The topological polar surface area (TPSA) is 18.6 Å². The molecule has 36 heavy (non-hydrogen) atoms. The van der Waals surface area contributed by atoms with E-state index in [1.165, 1.54) is 10.8 Å².